The van der Waals surface area contributed by atoms with Gasteiger partial charge in [0.15, 0.2) is 11.5 Å². The van der Waals surface area contributed by atoms with E-state index >= 15 is 0 Å². The van der Waals surface area contributed by atoms with Crippen molar-refractivity contribution in [2.45, 2.75) is 75.2 Å². The fraction of sp³-hybridized carbons (Fsp3) is 0.516. The first-order valence-electron chi connectivity index (χ1n) is 13.9. The third-order valence-corrected chi connectivity index (χ3v) is 10.3. The highest BCUT2D eigenvalue weighted by Gasteiger charge is 2.73. The number of hydrogen-bond donors (Lipinski definition) is 2. The van der Waals surface area contributed by atoms with Crippen molar-refractivity contribution >= 4 is 29.1 Å². The molecular formula is C31H36Cl2N2O4. The summed E-state index contributed by atoms with van der Waals surface area (Å²) in [4.78, 5) is 18.3. The molecule has 8 heteroatoms. The molecule has 6 rings (SSSR count). The van der Waals surface area contributed by atoms with E-state index in [1.54, 1.807) is 18.2 Å². The standard InChI is InChI=1S/C31H36Cl2N2O4/c1-4-12-34-13-11-30-27-20-6-8-24(36)28(27)39-29(30)23(9-10-31(30,38)25(34)16-20)35(17-18(2)3)26(37)15-19-5-7-21(32)22(33)14-19/h4-8,14,18,23,25,29,36,38H,1,9-13,15-17H2,2-3H3/t23-,25-,29+,30+,31-/m1/s1. The van der Waals surface area contributed by atoms with Gasteiger partial charge in [0, 0.05) is 24.7 Å². The molecule has 2 aliphatic heterocycles. The number of likely N-dealkylation sites (tertiary alicyclic amines) is 1. The molecule has 1 saturated carbocycles. The number of phenols is 1. The molecule has 208 valence electrons. The lowest BCUT2D eigenvalue weighted by molar-refractivity contribution is -0.200. The van der Waals surface area contributed by atoms with Crippen LogP contribution in [0.4, 0.5) is 0 Å². The number of hydrogen-bond acceptors (Lipinski definition) is 5. The lowest BCUT2D eigenvalue weighted by atomic mass is 9.48. The van der Waals surface area contributed by atoms with Crippen molar-refractivity contribution in [3.05, 3.63) is 69.7 Å². The maximum Gasteiger partial charge on any atom is 0.227 e. The van der Waals surface area contributed by atoms with Crippen LogP contribution < -0.4 is 4.74 Å². The zero-order valence-corrected chi connectivity index (χ0v) is 24.0. The number of aliphatic hydroxyl groups is 1. The van der Waals surface area contributed by atoms with E-state index in [-0.39, 0.29) is 36.1 Å². The molecule has 0 radical (unpaired) electrons. The molecule has 2 aliphatic carbocycles. The topological polar surface area (TPSA) is 73.2 Å². The van der Waals surface area contributed by atoms with Gasteiger partial charge in [-0.3, -0.25) is 9.69 Å². The molecule has 5 atom stereocenters. The third-order valence-electron chi connectivity index (χ3n) is 9.53. The van der Waals surface area contributed by atoms with Crippen LogP contribution in [0.1, 0.15) is 49.8 Å². The van der Waals surface area contributed by atoms with Gasteiger partial charge in [-0.25, -0.2) is 0 Å². The molecule has 2 aromatic carbocycles. The molecule has 2 aromatic rings. The molecule has 2 fully saturated rings. The van der Waals surface area contributed by atoms with Gasteiger partial charge >= 0.3 is 0 Å². The number of rotatable bonds is 7. The number of benzene rings is 2. The van der Waals surface area contributed by atoms with Gasteiger partial charge in [0.25, 0.3) is 0 Å². The monoisotopic (exact) mass is 570 g/mol. The van der Waals surface area contributed by atoms with Crippen LogP contribution in [-0.4, -0.2) is 69.3 Å². The number of phenolic OH excluding ortho intramolecular Hbond substituents is 1. The number of nitrogens with zero attached hydrogens (tertiary/aromatic N) is 2. The molecule has 1 saturated heterocycles. The lowest BCUT2D eigenvalue weighted by Gasteiger charge is -2.64. The second-order valence-electron chi connectivity index (χ2n) is 12.1. The zero-order chi connectivity index (χ0) is 27.7. The average molecular weight is 572 g/mol. The van der Waals surface area contributed by atoms with Gasteiger partial charge in [0.1, 0.15) is 6.10 Å². The van der Waals surface area contributed by atoms with Crippen molar-refractivity contribution in [2.24, 2.45) is 5.92 Å². The maximum absolute atomic E-state index is 14.0. The second-order valence-corrected chi connectivity index (χ2v) is 12.9. The normalized spacial score (nSPS) is 30.6. The summed E-state index contributed by atoms with van der Waals surface area (Å²) in [6, 6.07) is 8.68. The summed E-state index contributed by atoms with van der Waals surface area (Å²) in [5.41, 5.74) is 1.15. The highest BCUT2D eigenvalue weighted by atomic mass is 35.5. The predicted molar refractivity (Wildman–Crippen MR) is 153 cm³/mol. The predicted octanol–water partition coefficient (Wildman–Crippen LogP) is 5.14. The third kappa shape index (κ3) is 3.93. The minimum Gasteiger partial charge on any atom is -0.504 e. The van der Waals surface area contributed by atoms with Gasteiger partial charge in [-0.15, -0.1) is 6.58 Å². The Morgan fingerprint density at radius 2 is 2.05 bits per heavy atom. The van der Waals surface area contributed by atoms with Gasteiger partial charge in [-0.05, 0) is 67.5 Å². The van der Waals surface area contributed by atoms with Gasteiger partial charge in [-0.2, -0.15) is 0 Å². The van der Waals surface area contributed by atoms with Crippen LogP contribution in [-0.2, 0) is 23.1 Å². The SMILES string of the molecule is C=CCN1CC[C@]23c4c5ccc(O)c4O[C@H]2[C@H](N(CC(C)C)C(=O)Cc2ccc(Cl)c(Cl)c2)CC[C@@]3(O)[C@H]1C5. The van der Waals surface area contributed by atoms with E-state index in [9.17, 15) is 15.0 Å². The molecule has 1 spiro atoms. The van der Waals surface area contributed by atoms with Gasteiger partial charge in [-0.1, -0.05) is 55.3 Å². The quantitative estimate of drug-likeness (QED) is 0.451. The molecule has 0 aromatic heterocycles. The fourth-order valence-corrected chi connectivity index (χ4v) is 8.37. The van der Waals surface area contributed by atoms with E-state index in [1.807, 2.05) is 23.1 Å². The first-order chi connectivity index (χ1) is 18.6. The number of carbonyl (C=O) groups excluding carboxylic acids is 1. The molecule has 1 amide bonds. The number of piperidine rings is 1. The van der Waals surface area contributed by atoms with E-state index in [2.05, 4.69) is 25.3 Å². The van der Waals surface area contributed by atoms with E-state index in [0.29, 0.717) is 54.6 Å². The van der Waals surface area contributed by atoms with Crippen molar-refractivity contribution in [2.75, 3.05) is 19.6 Å². The van der Waals surface area contributed by atoms with Crippen LogP contribution in [0.2, 0.25) is 10.0 Å². The van der Waals surface area contributed by atoms with Crippen molar-refractivity contribution in [3.8, 4) is 11.5 Å². The summed E-state index contributed by atoms with van der Waals surface area (Å²) < 4.78 is 6.70. The molecule has 2 heterocycles. The Morgan fingerprint density at radius 1 is 1.26 bits per heavy atom. The Kier molecular flexibility index (Phi) is 6.69. The Bertz CT molecular complexity index is 1330. The molecule has 39 heavy (non-hydrogen) atoms. The van der Waals surface area contributed by atoms with Gasteiger partial charge in [0.05, 0.1) is 33.5 Å². The number of ether oxygens (including phenoxy) is 1. The summed E-state index contributed by atoms with van der Waals surface area (Å²) in [7, 11) is 0. The zero-order valence-electron chi connectivity index (χ0n) is 22.5. The Morgan fingerprint density at radius 3 is 2.77 bits per heavy atom. The molecule has 2 N–H and O–H groups in total. The summed E-state index contributed by atoms with van der Waals surface area (Å²) in [5.74, 6) is 0.819. The minimum atomic E-state index is -1.03. The van der Waals surface area contributed by atoms with Crippen LogP contribution in [0.5, 0.6) is 11.5 Å². The van der Waals surface area contributed by atoms with Crippen LogP contribution in [0, 0.1) is 5.92 Å². The Balaban J connectivity index is 1.42. The van der Waals surface area contributed by atoms with E-state index in [1.165, 1.54) is 0 Å². The lowest BCUT2D eigenvalue weighted by Crippen LogP contribution is -2.78. The summed E-state index contributed by atoms with van der Waals surface area (Å²) in [6.07, 6.45) is 4.20. The maximum atomic E-state index is 14.0. The highest BCUT2D eigenvalue weighted by molar-refractivity contribution is 6.42. The molecular weight excluding hydrogens is 535 g/mol. The van der Waals surface area contributed by atoms with Crippen LogP contribution in [0.15, 0.2) is 43.0 Å². The minimum absolute atomic E-state index is 0.00520. The van der Waals surface area contributed by atoms with Crippen molar-refractivity contribution < 1.29 is 19.7 Å². The number of aromatic hydroxyl groups is 1. The molecule has 6 nitrogen and oxygen atoms in total. The summed E-state index contributed by atoms with van der Waals surface area (Å²) >= 11 is 12.4. The first kappa shape index (κ1) is 26.9. The number of carbonyl (C=O) groups is 1. The van der Waals surface area contributed by atoms with Crippen LogP contribution in [0.3, 0.4) is 0 Å². The van der Waals surface area contributed by atoms with E-state index < -0.39 is 17.1 Å². The fourth-order valence-electron chi connectivity index (χ4n) is 8.05. The molecule has 2 bridgehead atoms. The number of halogens is 2. The van der Waals surface area contributed by atoms with Crippen LogP contribution >= 0.6 is 23.2 Å². The smallest absolute Gasteiger partial charge is 0.227 e. The van der Waals surface area contributed by atoms with E-state index in [4.69, 9.17) is 27.9 Å². The van der Waals surface area contributed by atoms with Gasteiger partial charge in [0.2, 0.25) is 5.91 Å². The number of amides is 1. The largest absolute Gasteiger partial charge is 0.504 e. The highest BCUT2D eigenvalue weighted by Crippen LogP contribution is 2.65. The Labute approximate surface area is 240 Å². The summed E-state index contributed by atoms with van der Waals surface area (Å²) in [6.45, 7) is 10.2. The van der Waals surface area contributed by atoms with Gasteiger partial charge < -0.3 is 19.8 Å². The second kappa shape index (κ2) is 9.69. The van der Waals surface area contributed by atoms with E-state index in [0.717, 1.165) is 23.2 Å². The van der Waals surface area contributed by atoms with Crippen LogP contribution in [0.25, 0.3) is 0 Å². The molecule has 0 unspecified atom stereocenters. The molecule has 4 aliphatic rings. The summed E-state index contributed by atoms with van der Waals surface area (Å²) in [5, 5.41) is 24.4. The Hall–Kier alpha value is -2.25. The van der Waals surface area contributed by atoms with Crippen molar-refractivity contribution in [3.63, 3.8) is 0 Å². The van der Waals surface area contributed by atoms with Crippen molar-refractivity contribution in [1.29, 1.82) is 0 Å². The van der Waals surface area contributed by atoms with Crippen molar-refractivity contribution in [1.82, 2.24) is 9.80 Å². The first-order valence-corrected chi connectivity index (χ1v) is 14.7. The average Bonchev–Trinajstić information content (AvgIpc) is 3.24.